The van der Waals surface area contributed by atoms with Crippen molar-refractivity contribution in [2.24, 2.45) is 5.73 Å². The van der Waals surface area contributed by atoms with Crippen LogP contribution in [0.5, 0.6) is 0 Å². The lowest BCUT2D eigenvalue weighted by Gasteiger charge is -1.89. The first-order valence-corrected chi connectivity index (χ1v) is 2.39. The van der Waals surface area contributed by atoms with E-state index >= 15 is 0 Å². The lowest BCUT2D eigenvalue weighted by Crippen LogP contribution is -2.03. The van der Waals surface area contributed by atoms with Gasteiger partial charge >= 0.3 is 5.97 Å². The van der Waals surface area contributed by atoms with Crippen LogP contribution in [0.2, 0.25) is 0 Å². The summed E-state index contributed by atoms with van der Waals surface area (Å²) in [5, 5.41) is 0. The van der Waals surface area contributed by atoms with Crippen molar-refractivity contribution in [3.8, 4) is 0 Å². The number of carbonyl (C=O) groups excluding carboxylic acids is 1. The van der Waals surface area contributed by atoms with Crippen LogP contribution in [0.25, 0.3) is 0 Å². The van der Waals surface area contributed by atoms with Gasteiger partial charge in [0.1, 0.15) is 6.61 Å². The molecule has 0 spiro atoms. The smallest absolute Gasteiger partial charge is 0.331 e. The van der Waals surface area contributed by atoms with E-state index in [4.69, 9.17) is 5.73 Å². The molecule has 0 saturated heterocycles. The second kappa shape index (κ2) is 1.96. The first-order chi connectivity index (χ1) is 3.83. The highest BCUT2D eigenvalue weighted by Gasteiger charge is 2.09. The molecular formula is C5H7NO2. The molecule has 0 saturated carbocycles. The summed E-state index contributed by atoms with van der Waals surface area (Å²) < 4.78 is 4.54. The van der Waals surface area contributed by atoms with Gasteiger partial charge in [0.2, 0.25) is 0 Å². The average Bonchev–Trinajstić information content (AvgIpc) is 2.14. The van der Waals surface area contributed by atoms with Gasteiger partial charge < -0.3 is 10.5 Å². The number of hydrogen-bond donors (Lipinski definition) is 1. The third kappa shape index (κ3) is 0.869. The van der Waals surface area contributed by atoms with Crippen molar-refractivity contribution in [2.75, 3.05) is 13.2 Å². The first kappa shape index (κ1) is 5.31. The van der Waals surface area contributed by atoms with Crippen molar-refractivity contribution in [3.05, 3.63) is 11.6 Å². The van der Waals surface area contributed by atoms with Crippen molar-refractivity contribution in [1.82, 2.24) is 0 Å². The summed E-state index contributed by atoms with van der Waals surface area (Å²) in [7, 11) is 0. The van der Waals surface area contributed by atoms with Gasteiger partial charge in [0, 0.05) is 12.6 Å². The molecule has 0 aromatic carbocycles. The second-order valence-electron chi connectivity index (χ2n) is 1.61. The maximum absolute atomic E-state index is 10.3. The minimum absolute atomic E-state index is 0.273. The molecule has 0 aromatic heterocycles. The SMILES string of the molecule is NCC1=CC(=O)OC1. The van der Waals surface area contributed by atoms with Gasteiger partial charge in [-0.2, -0.15) is 0 Å². The van der Waals surface area contributed by atoms with Crippen LogP contribution >= 0.6 is 0 Å². The molecule has 2 N–H and O–H groups in total. The molecule has 3 heteroatoms. The molecule has 1 aliphatic rings. The minimum atomic E-state index is -0.273. The molecular weight excluding hydrogens is 106 g/mol. The molecule has 0 aromatic rings. The van der Waals surface area contributed by atoms with Crippen LogP contribution in [-0.4, -0.2) is 19.1 Å². The Labute approximate surface area is 47.1 Å². The third-order valence-corrected chi connectivity index (χ3v) is 0.984. The molecule has 0 unspecified atom stereocenters. The van der Waals surface area contributed by atoms with E-state index in [0.717, 1.165) is 5.57 Å². The van der Waals surface area contributed by atoms with E-state index < -0.39 is 0 Å². The quantitative estimate of drug-likeness (QED) is 0.463. The maximum atomic E-state index is 10.3. The number of rotatable bonds is 1. The van der Waals surface area contributed by atoms with Gasteiger partial charge in [0.25, 0.3) is 0 Å². The number of carbonyl (C=O) groups is 1. The van der Waals surface area contributed by atoms with Gasteiger partial charge in [-0.3, -0.25) is 0 Å². The van der Waals surface area contributed by atoms with Crippen molar-refractivity contribution in [3.63, 3.8) is 0 Å². The van der Waals surface area contributed by atoms with Crippen LogP contribution in [0.15, 0.2) is 11.6 Å². The fraction of sp³-hybridized carbons (Fsp3) is 0.400. The summed E-state index contributed by atoms with van der Waals surface area (Å²) in [4.78, 5) is 10.3. The zero-order chi connectivity index (χ0) is 5.98. The second-order valence-corrected chi connectivity index (χ2v) is 1.61. The lowest BCUT2D eigenvalue weighted by atomic mass is 10.3. The molecule has 0 amide bonds. The van der Waals surface area contributed by atoms with E-state index in [-0.39, 0.29) is 5.97 Å². The molecule has 3 nitrogen and oxygen atoms in total. The zero-order valence-corrected chi connectivity index (χ0v) is 4.39. The van der Waals surface area contributed by atoms with Gasteiger partial charge in [-0.1, -0.05) is 0 Å². The van der Waals surface area contributed by atoms with Crippen LogP contribution in [0.3, 0.4) is 0 Å². The van der Waals surface area contributed by atoms with Gasteiger partial charge in [0.15, 0.2) is 0 Å². The molecule has 1 heterocycles. The summed E-state index contributed by atoms with van der Waals surface area (Å²) in [6, 6.07) is 0. The number of nitrogens with two attached hydrogens (primary N) is 1. The van der Waals surface area contributed by atoms with E-state index in [1.807, 2.05) is 0 Å². The first-order valence-electron chi connectivity index (χ1n) is 2.39. The Balaban J connectivity index is 2.57. The van der Waals surface area contributed by atoms with Gasteiger partial charge in [-0.15, -0.1) is 0 Å². The van der Waals surface area contributed by atoms with Crippen molar-refractivity contribution >= 4 is 5.97 Å². The van der Waals surface area contributed by atoms with Crippen molar-refractivity contribution < 1.29 is 9.53 Å². The maximum Gasteiger partial charge on any atom is 0.331 e. The molecule has 0 fully saturated rings. The van der Waals surface area contributed by atoms with Gasteiger partial charge in [-0.05, 0) is 5.57 Å². The van der Waals surface area contributed by atoms with Crippen LogP contribution < -0.4 is 5.73 Å². The molecule has 44 valence electrons. The molecule has 0 radical (unpaired) electrons. The predicted molar refractivity (Wildman–Crippen MR) is 28.1 cm³/mol. The Morgan fingerprint density at radius 3 is 2.88 bits per heavy atom. The molecule has 0 aliphatic carbocycles. The van der Waals surface area contributed by atoms with E-state index in [2.05, 4.69) is 4.74 Å². The normalized spacial score (nSPS) is 18.1. The number of esters is 1. The average molecular weight is 113 g/mol. The Kier molecular flexibility index (Phi) is 1.30. The number of hydrogen-bond acceptors (Lipinski definition) is 3. The summed E-state index contributed by atoms with van der Waals surface area (Å²) in [5.41, 5.74) is 6.07. The monoisotopic (exact) mass is 113 g/mol. The summed E-state index contributed by atoms with van der Waals surface area (Å²) in [6.45, 7) is 0.807. The van der Waals surface area contributed by atoms with Crippen LogP contribution in [0.4, 0.5) is 0 Å². The summed E-state index contributed by atoms with van der Waals surface area (Å²) >= 11 is 0. The van der Waals surface area contributed by atoms with E-state index in [1.54, 1.807) is 0 Å². The highest BCUT2D eigenvalue weighted by atomic mass is 16.5. The summed E-state index contributed by atoms with van der Waals surface area (Å²) in [6.07, 6.45) is 1.43. The fourth-order valence-electron chi connectivity index (χ4n) is 0.532. The molecule has 1 aliphatic heterocycles. The standard InChI is InChI=1S/C5H7NO2/c6-2-4-1-5(7)8-3-4/h1H,2-3,6H2. The van der Waals surface area contributed by atoms with E-state index in [9.17, 15) is 4.79 Å². The Morgan fingerprint density at radius 1 is 1.88 bits per heavy atom. The van der Waals surface area contributed by atoms with Crippen LogP contribution in [0, 0.1) is 0 Å². The molecule has 8 heavy (non-hydrogen) atoms. The third-order valence-electron chi connectivity index (χ3n) is 0.984. The molecule has 0 atom stereocenters. The highest BCUT2D eigenvalue weighted by molar-refractivity contribution is 5.85. The van der Waals surface area contributed by atoms with E-state index in [0.29, 0.717) is 13.2 Å². The fourth-order valence-corrected chi connectivity index (χ4v) is 0.532. The van der Waals surface area contributed by atoms with E-state index in [1.165, 1.54) is 6.08 Å². The predicted octanol–water partition coefficient (Wildman–Crippen LogP) is -0.572. The topological polar surface area (TPSA) is 52.3 Å². The van der Waals surface area contributed by atoms with Crippen molar-refractivity contribution in [1.29, 1.82) is 0 Å². The van der Waals surface area contributed by atoms with Crippen LogP contribution in [-0.2, 0) is 9.53 Å². The molecule has 1 rings (SSSR count). The van der Waals surface area contributed by atoms with Crippen LogP contribution in [0.1, 0.15) is 0 Å². The number of cyclic esters (lactones) is 1. The van der Waals surface area contributed by atoms with Gasteiger partial charge in [-0.25, -0.2) is 4.79 Å². The Hall–Kier alpha value is -0.830. The lowest BCUT2D eigenvalue weighted by molar-refractivity contribution is -0.134. The largest absolute Gasteiger partial charge is 0.458 e. The minimum Gasteiger partial charge on any atom is -0.458 e. The Bertz CT molecular complexity index is 139. The Morgan fingerprint density at radius 2 is 2.62 bits per heavy atom. The zero-order valence-electron chi connectivity index (χ0n) is 4.39. The van der Waals surface area contributed by atoms with Gasteiger partial charge in [0.05, 0.1) is 0 Å². The number of ether oxygens (including phenoxy) is 1. The molecule has 0 bridgehead atoms. The summed E-state index contributed by atoms with van der Waals surface area (Å²) in [5.74, 6) is -0.273. The highest BCUT2D eigenvalue weighted by Crippen LogP contribution is 2.01. The van der Waals surface area contributed by atoms with Crippen molar-refractivity contribution in [2.45, 2.75) is 0 Å².